The molecule has 0 aromatic carbocycles. The summed E-state index contributed by atoms with van der Waals surface area (Å²) in [6.45, 7) is 3.05. The molecular weight excluding hydrogens is 262 g/mol. The van der Waals surface area contributed by atoms with Crippen LogP contribution in [0.3, 0.4) is 0 Å². The van der Waals surface area contributed by atoms with E-state index in [4.69, 9.17) is 16.3 Å². The molecule has 102 valence electrons. The van der Waals surface area contributed by atoms with E-state index in [2.05, 4.69) is 0 Å². The predicted molar refractivity (Wildman–Crippen MR) is 69.9 cm³/mol. The Morgan fingerprint density at radius 3 is 2.71 bits per heavy atom. The fourth-order valence-electron chi connectivity index (χ4n) is 1.88. The van der Waals surface area contributed by atoms with Crippen molar-refractivity contribution in [1.29, 1.82) is 0 Å². The molecule has 4 nitrogen and oxygen atoms in total. The molecule has 0 radical (unpaired) electrons. The number of hydrogen-bond donors (Lipinski definition) is 0. The number of nitrogens with zero attached hydrogens (tertiary/aromatic N) is 1. The summed E-state index contributed by atoms with van der Waals surface area (Å²) in [5, 5.41) is 0. The molecule has 1 aliphatic rings. The maximum atomic E-state index is 12.0. The average Bonchev–Trinajstić information content (AvgIpc) is 2.29. The molecule has 0 amide bonds. The van der Waals surface area contributed by atoms with E-state index in [9.17, 15) is 8.42 Å². The van der Waals surface area contributed by atoms with E-state index in [1.807, 2.05) is 6.92 Å². The second-order valence-corrected chi connectivity index (χ2v) is 7.24. The summed E-state index contributed by atoms with van der Waals surface area (Å²) in [4.78, 5) is 0. The molecule has 0 spiro atoms. The lowest BCUT2D eigenvalue weighted by atomic mass is 10.1. The van der Waals surface area contributed by atoms with Crippen molar-refractivity contribution in [1.82, 2.24) is 4.31 Å². The molecule has 17 heavy (non-hydrogen) atoms. The summed E-state index contributed by atoms with van der Waals surface area (Å²) >= 11 is 5.65. The van der Waals surface area contributed by atoms with Gasteiger partial charge in [0.05, 0.1) is 11.9 Å². The van der Waals surface area contributed by atoms with Gasteiger partial charge in [-0.3, -0.25) is 0 Å². The van der Waals surface area contributed by atoms with Gasteiger partial charge in [0.1, 0.15) is 0 Å². The van der Waals surface area contributed by atoms with Gasteiger partial charge in [-0.15, -0.1) is 11.6 Å². The van der Waals surface area contributed by atoms with Crippen molar-refractivity contribution in [2.45, 2.75) is 32.3 Å². The van der Waals surface area contributed by atoms with Crippen LogP contribution in [0, 0.1) is 5.92 Å². The Labute approximate surface area is 109 Å². The van der Waals surface area contributed by atoms with Crippen LogP contribution in [0.4, 0.5) is 0 Å². The lowest BCUT2D eigenvalue weighted by Gasteiger charge is -2.27. The molecule has 2 atom stereocenters. The summed E-state index contributed by atoms with van der Waals surface area (Å²) in [7, 11) is -1.58. The molecule has 1 fully saturated rings. The van der Waals surface area contributed by atoms with Gasteiger partial charge >= 0.3 is 0 Å². The first kappa shape index (κ1) is 15.2. The molecule has 0 N–H and O–H groups in total. The molecule has 1 aliphatic heterocycles. The fourth-order valence-corrected chi connectivity index (χ4v) is 3.61. The molecule has 0 aromatic rings. The van der Waals surface area contributed by atoms with Gasteiger partial charge in [0.15, 0.2) is 0 Å². The number of hydrogen-bond acceptors (Lipinski definition) is 3. The number of alkyl halides is 1. The summed E-state index contributed by atoms with van der Waals surface area (Å²) < 4.78 is 30.9. The van der Waals surface area contributed by atoms with Crippen LogP contribution in [0.5, 0.6) is 0 Å². The average molecular weight is 284 g/mol. The van der Waals surface area contributed by atoms with Crippen molar-refractivity contribution in [3.8, 4) is 0 Å². The first-order valence-electron chi connectivity index (χ1n) is 6.07. The van der Waals surface area contributed by atoms with Gasteiger partial charge in [0.2, 0.25) is 10.0 Å². The second kappa shape index (κ2) is 6.92. The van der Waals surface area contributed by atoms with Gasteiger partial charge in [-0.1, -0.05) is 6.92 Å². The van der Waals surface area contributed by atoms with Crippen LogP contribution in [-0.2, 0) is 14.8 Å². The molecule has 0 saturated carbocycles. The highest BCUT2D eigenvalue weighted by molar-refractivity contribution is 7.89. The third-order valence-corrected chi connectivity index (χ3v) is 5.58. The standard InChI is InChI=1S/C11H22ClNO3S/c1-10(7-12)9-17(14,15)13(2)8-11-5-3-4-6-16-11/h10-11H,3-9H2,1-2H3. The Bertz CT molecular complexity index is 315. The minimum atomic E-state index is -3.20. The lowest BCUT2D eigenvalue weighted by molar-refractivity contribution is 0.00856. The molecule has 6 heteroatoms. The quantitative estimate of drug-likeness (QED) is 0.697. The highest BCUT2D eigenvalue weighted by Gasteiger charge is 2.25. The van der Waals surface area contributed by atoms with Crippen LogP contribution >= 0.6 is 11.6 Å². The number of likely N-dealkylation sites (N-methyl/N-ethyl adjacent to an activating group) is 1. The monoisotopic (exact) mass is 283 g/mol. The van der Waals surface area contributed by atoms with Crippen molar-refractivity contribution in [2.75, 3.05) is 31.8 Å². The zero-order chi connectivity index (χ0) is 12.9. The lowest BCUT2D eigenvalue weighted by Crippen LogP contribution is -2.39. The molecular formula is C11H22ClNO3S. The van der Waals surface area contributed by atoms with E-state index in [-0.39, 0.29) is 17.8 Å². The third-order valence-electron chi connectivity index (χ3n) is 2.97. The second-order valence-electron chi connectivity index (χ2n) is 4.81. The third kappa shape index (κ3) is 5.12. The maximum Gasteiger partial charge on any atom is 0.214 e. The molecule has 2 unspecified atom stereocenters. The SMILES string of the molecule is CC(CCl)CS(=O)(=O)N(C)CC1CCCCO1. The van der Waals surface area contributed by atoms with Crippen LogP contribution in [0.1, 0.15) is 26.2 Å². The van der Waals surface area contributed by atoms with Gasteiger partial charge in [-0.2, -0.15) is 0 Å². The van der Waals surface area contributed by atoms with Crippen molar-refractivity contribution < 1.29 is 13.2 Å². The summed E-state index contributed by atoms with van der Waals surface area (Å²) in [5.74, 6) is 0.462. The summed E-state index contributed by atoms with van der Waals surface area (Å²) in [6.07, 6.45) is 3.20. The van der Waals surface area contributed by atoms with Gasteiger partial charge in [0.25, 0.3) is 0 Å². The maximum absolute atomic E-state index is 12.0. The molecule has 1 saturated heterocycles. The van der Waals surface area contributed by atoms with Gasteiger partial charge in [-0.25, -0.2) is 12.7 Å². The number of ether oxygens (including phenoxy) is 1. The number of halogens is 1. The Hall–Kier alpha value is 0.160. The number of sulfonamides is 1. The van der Waals surface area contributed by atoms with Gasteiger partial charge in [-0.05, 0) is 25.2 Å². The first-order chi connectivity index (χ1) is 7.95. The highest BCUT2D eigenvalue weighted by atomic mass is 35.5. The van der Waals surface area contributed by atoms with Gasteiger partial charge < -0.3 is 4.74 Å². The van der Waals surface area contributed by atoms with E-state index >= 15 is 0 Å². The van der Waals surface area contributed by atoms with E-state index in [1.165, 1.54) is 4.31 Å². The predicted octanol–water partition coefficient (Wildman–Crippen LogP) is 1.69. The topological polar surface area (TPSA) is 46.6 Å². The Kier molecular flexibility index (Phi) is 6.20. The zero-order valence-corrected chi connectivity index (χ0v) is 12.1. The highest BCUT2D eigenvalue weighted by Crippen LogP contribution is 2.15. The smallest absolute Gasteiger partial charge is 0.214 e. The summed E-state index contributed by atoms with van der Waals surface area (Å²) in [6, 6.07) is 0. The molecule has 1 rings (SSSR count). The normalized spacial score (nSPS) is 23.9. The number of rotatable bonds is 6. The largest absolute Gasteiger partial charge is 0.377 e. The summed E-state index contributed by atoms with van der Waals surface area (Å²) in [5.41, 5.74) is 0. The minimum Gasteiger partial charge on any atom is -0.377 e. The van der Waals surface area contributed by atoms with Crippen LogP contribution < -0.4 is 0 Å². The molecule has 0 aromatic heterocycles. The van der Waals surface area contributed by atoms with E-state index in [0.717, 1.165) is 25.9 Å². The van der Waals surface area contributed by atoms with Gasteiger partial charge in [0, 0.05) is 26.1 Å². The Morgan fingerprint density at radius 1 is 1.47 bits per heavy atom. The van der Waals surface area contributed by atoms with Crippen LogP contribution in [0.15, 0.2) is 0 Å². The molecule has 1 heterocycles. The molecule has 0 aliphatic carbocycles. The minimum absolute atomic E-state index is 0.0172. The van der Waals surface area contributed by atoms with Crippen molar-refractivity contribution in [3.63, 3.8) is 0 Å². The van der Waals surface area contributed by atoms with E-state index < -0.39 is 10.0 Å². The van der Waals surface area contributed by atoms with E-state index in [0.29, 0.717) is 12.4 Å². The van der Waals surface area contributed by atoms with Crippen molar-refractivity contribution >= 4 is 21.6 Å². The van der Waals surface area contributed by atoms with Crippen LogP contribution in [0.2, 0.25) is 0 Å². The van der Waals surface area contributed by atoms with Crippen LogP contribution in [-0.4, -0.2) is 50.7 Å². The van der Waals surface area contributed by atoms with Crippen molar-refractivity contribution in [3.05, 3.63) is 0 Å². The van der Waals surface area contributed by atoms with E-state index in [1.54, 1.807) is 7.05 Å². The first-order valence-corrected chi connectivity index (χ1v) is 8.21. The zero-order valence-electron chi connectivity index (χ0n) is 10.6. The van der Waals surface area contributed by atoms with Crippen molar-refractivity contribution in [2.24, 2.45) is 5.92 Å². The fraction of sp³-hybridized carbons (Fsp3) is 1.00. The Morgan fingerprint density at radius 2 is 2.18 bits per heavy atom. The molecule has 0 bridgehead atoms. The van der Waals surface area contributed by atoms with Crippen LogP contribution in [0.25, 0.3) is 0 Å². The Balaban J connectivity index is 2.47.